The Hall–Kier alpha value is -4.39. The van der Waals surface area contributed by atoms with Crippen molar-refractivity contribution in [2.45, 2.75) is 25.9 Å². The molecule has 1 fully saturated rings. The summed E-state index contributed by atoms with van der Waals surface area (Å²) in [4.78, 5) is 13.2. The fourth-order valence-corrected chi connectivity index (χ4v) is 4.54. The van der Waals surface area contributed by atoms with Crippen LogP contribution in [0, 0.1) is 0 Å². The minimum absolute atomic E-state index is 0.101. The maximum absolute atomic E-state index is 13.2. The van der Waals surface area contributed by atoms with Crippen LogP contribution in [0.2, 0.25) is 0 Å². The van der Waals surface area contributed by atoms with Crippen molar-refractivity contribution in [3.8, 4) is 11.5 Å². The number of nitrogens with zero attached hydrogens (tertiary/aromatic N) is 4. The first-order valence-corrected chi connectivity index (χ1v) is 11.9. The third-order valence-corrected chi connectivity index (χ3v) is 6.32. The van der Waals surface area contributed by atoms with Gasteiger partial charge in [0.25, 0.3) is 0 Å². The first kappa shape index (κ1) is 23.4. The van der Waals surface area contributed by atoms with E-state index in [1.807, 2.05) is 70.3 Å². The van der Waals surface area contributed by atoms with E-state index in [1.54, 1.807) is 26.6 Å². The summed E-state index contributed by atoms with van der Waals surface area (Å²) in [6.45, 7) is 1.20. The standard InChI is InChI=1S/C29H28N4O3/c1-35-27-9-5-21(17-25(27)19-32-13-3-11-30-32)15-23-7-8-24(29(23)34)16-22-6-10-28(36-2)26(18-22)20-33-14-4-12-31-33/h3-6,9-18H,7-8,19-20H2,1-2H3/b23-15+,24-16+. The molecule has 0 aliphatic heterocycles. The van der Waals surface area contributed by atoms with Gasteiger partial charge in [-0.15, -0.1) is 0 Å². The molecule has 0 spiro atoms. The number of rotatable bonds is 8. The van der Waals surface area contributed by atoms with Crippen LogP contribution in [0.3, 0.4) is 0 Å². The minimum atomic E-state index is 0.101. The molecule has 182 valence electrons. The second kappa shape index (κ2) is 10.5. The molecule has 36 heavy (non-hydrogen) atoms. The first-order valence-electron chi connectivity index (χ1n) is 11.9. The zero-order valence-electron chi connectivity index (χ0n) is 20.4. The lowest BCUT2D eigenvalue weighted by Gasteiger charge is -2.10. The van der Waals surface area contributed by atoms with Crippen LogP contribution in [0.5, 0.6) is 11.5 Å². The summed E-state index contributed by atoms with van der Waals surface area (Å²) in [5.41, 5.74) is 5.63. The zero-order valence-corrected chi connectivity index (χ0v) is 20.4. The summed E-state index contributed by atoms with van der Waals surface area (Å²) in [7, 11) is 3.33. The number of hydrogen-bond donors (Lipinski definition) is 0. The number of Topliss-reactive ketones (excluding diaryl/α,β-unsaturated/α-hetero) is 1. The Kier molecular flexibility index (Phi) is 6.80. The van der Waals surface area contributed by atoms with Gasteiger partial charge in [0.1, 0.15) is 11.5 Å². The quantitative estimate of drug-likeness (QED) is 0.331. The van der Waals surface area contributed by atoms with E-state index in [-0.39, 0.29) is 5.78 Å². The molecule has 1 aliphatic carbocycles. The average molecular weight is 481 g/mol. The van der Waals surface area contributed by atoms with Gasteiger partial charge in [0.15, 0.2) is 5.78 Å². The number of hydrogen-bond acceptors (Lipinski definition) is 5. The van der Waals surface area contributed by atoms with Gasteiger partial charge in [0, 0.05) is 47.1 Å². The van der Waals surface area contributed by atoms with Gasteiger partial charge in [0.2, 0.25) is 0 Å². The molecule has 0 saturated heterocycles. The monoisotopic (exact) mass is 480 g/mol. The second-order valence-electron chi connectivity index (χ2n) is 8.72. The molecule has 0 N–H and O–H groups in total. The number of allylic oxidation sites excluding steroid dienone is 2. The second-order valence-corrected chi connectivity index (χ2v) is 8.72. The third kappa shape index (κ3) is 5.15. The molecule has 5 rings (SSSR count). The molecule has 7 nitrogen and oxygen atoms in total. The molecule has 1 saturated carbocycles. The summed E-state index contributed by atoms with van der Waals surface area (Å²) in [6.07, 6.45) is 12.8. The fourth-order valence-electron chi connectivity index (χ4n) is 4.54. The Balaban J connectivity index is 1.37. The van der Waals surface area contributed by atoms with E-state index in [1.165, 1.54) is 0 Å². The van der Waals surface area contributed by atoms with E-state index < -0.39 is 0 Å². The SMILES string of the molecule is COc1ccc(/C=C2\CC/C(=C\c3ccc(OC)c(Cn4cccn4)c3)C2=O)cc1Cn1cccn1. The van der Waals surface area contributed by atoms with Gasteiger partial charge in [-0.05, 0) is 72.5 Å². The Morgan fingerprint density at radius 2 is 1.25 bits per heavy atom. The van der Waals surface area contributed by atoms with Gasteiger partial charge in [-0.25, -0.2) is 0 Å². The lowest BCUT2D eigenvalue weighted by atomic mass is 10.0. The normalized spacial score (nSPS) is 15.7. The maximum atomic E-state index is 13.2. The van der Waals surface area contributed by atoms with Crippen LogP contribution in [-0.2, 0) is 17.9 Å². The topological polar surface area (TPSA) is 71.2 Å². The Morgan fingerprint density at radius 1 is 0.778 bits per heavy atom. The van der Waals surface area contributed by atoms with Gasteiger partial charge in [-0.3, -0.25) is 14.2 Å². The Labute approximate surface area is 210 Å². The van der Waals surface area contributed by atoms with Crippen LogP contribution in [0.1, 0.15) is 35.1 Å². The number of aromatic nitrogens is 4. The van der Waals surface area contributed by atoms with Crippen molar-refractivity contribution in [3.63, 3.8) is 0 Å². The summed E-state index contributed by atoms with van der Waals surface area (Å²) in [6, 6.07) is 15.8. The van der Waals surface area contributed by atoms with E-state index in [9.17, 15) is 4.79 Å². The minimum Gasteiger partial charge on any atom is -0.496 e. The number of carbonyl (C=O) groups excluding carboxylic acids is 1. The Bertz CT molecular complexity index is 1310. The zero-order chi connectivity index (χ0) is 24.9. The number of methoxy groups -OCH3 is 2. The number of carbonyl (C=O) groups is 1. The van der Waals surface area contributed by atoms with Gasteiger partial charge in [0.05, 0.1) is 27.3 Å². The molecular formula is C29H28N4O3. The highest BCUT2D eigenvalue weighted by atomic mass is 16.5. The number of ether oxygens (including phenoxy) is 2. The molecule has 0 atom stereocenters. The summed E-state index contributed by atoms with van der Waals surface area (Å²) < 4.78 is 14.8. The van der Waals surface area contributed by atoms with Gasteiger partial charge >= 0.3 is 0 Å². The predicted octanol–water partition coefficient (Wildman–Crippen LogP) is 5.02. The molecule has 0 radical (unpaired) electrons. The fraction of sp³-hybridized carbons (Fsp3) is 0.207. The molecule has 7 heteroatoms. The molecule has 0 unspecified atom stereocenters. The van der Waals surface area contributed by atoms with Gasteiger partial charge in [-0.1, -0.05) is 12.1 Å². The van der Waals surface area contributed by atoms with Crippen LogP contribution < -0.4 is 9.47 Å². The van der Waals surface area contributed by atoms with Crippen LogP contribution in [0.15, 0.2) is 84.5 Å². The third-order valence-electron chi connectivity index (χ3n) is 6.32. The van der Waals surface area contributed by atoms with Crippen LogP contribution in [-0.4, -0.2) is 39.6 Å². The van der Waals surface area contributed by atoms with Crippen molar-refractivity contribution in [3.05, 3.63) is 107 Å². The van der Waals surface area contributed by atoms with E-state index >= 15 is 0 Å². The van der Waals surface area contributed by atoms with E-state index in [4.69, 9.17) is 9.47 Å². The average Bonchev–Trinajstić information content (AvgIpc) is 3.66. The summed E-state index contributed by atoms with van der Waals surface area (Å²) >= 11 is 0. The highest BCUT2D eigenvalue weighted by Crippen LogP contribution is 2.31. The Morgan fingerprint density at radius 3 is 1.64 bits per heavy atom. The summed E-state index contributed by atoms with van der Waals surface area (Å²) in [5.74, 6) is 1.71. The maximum Gasteiger partial charge on any atom is 0.185 e. The number of ketones is 1. The van der Waals surface area contributed by atoms with Gasteiger partial charge in [-0.2, -0.15) is 10.2 Å². The van der Waals surface area contributed by atoms with Crippen LogP contribution in [0.4, 0.5) is 0 Å². The molecule has 2 aromatic carbocycles. The first-order chi connectivity index (χ1) is 17.6. The smallest absolute Gasteiger partial charge is 0.185 e. The predicted molar refractivity (Wildman–Crippen MR) is 139 cm³/mol. The largest absolute Gasteiger partial charge is 0.496 e. The van der Waals surface area contributed by atoms with E-state index in [0.29, 0.717) is 13.1 Å². The highest BCUT2D eigenvalue weighted by molar-refractivity contribution is 6.15. The van der Waals surface area contributed by atoms with E-state index in [0.717, 1.165) is 57.7 Å². The number of benzene rings is 2. The molecule has 0 amide bonds. The van der Waals surface area contributed by atoms with Gasteiger partial charge < -0.3 is 9.47 Å². The lowest BCUT2D eigenvalue weighted by Crippen LogP contribution is -2.03. The molecule has 4 aromatic rings. The molecular weight excluding hydrogens is 452 g/mol. The van der Waals surface area contributed by atoms with Crippen molar-refractivity contribution in [1.82, 2.24) is 19.6 Å². The molecule has 1 aliphatic rings. The molecule has 0 bridgehead atoms. The summed E-state index contributed by atoms with van der Waals surface area (Å²) in [5, 5.41) is 8.58. The van der Waals surface area contributed by atoms with Crippen molar-refractivity contribution in [1.29, 1.82) is 0 Å². The molecule has 2 heterocycles. The van der Waals surface area contributed by atoms with Crippen molar-refractivity contribution < 1.29 is 14.3 Å². The van der Waals surface area contributed by atoms with Crippen molar-refractivity contribution in [2.24, 2.45) is 0 Å². The lowest BCUT2D eigenvalue weighted by molar-refractivity contribution is -0.111. The van der Waals surface area contributed by atoms with E-state index in [2.05, 4.69) is 22.3 Å². The van der Waals surface area contributed by atoms with Crippen molar-refractivity contribution >= 4 is 17.9 Å². The van der Waals surface area contributed by atoms with Crippen LogP contribution >= 0.6 is 0 Å². The highest BCUT2D eigenvalue weighted by Gasteiger charge is 2.23. The van der Waals surface area contributed by atoms with Crippen LogP contribution in [0.25, 0.3) is 12.2 Å². The molecule has 2 aromatic heterocycles. The van der Waals surface area contributed by atoms with Crippen molar-refractivity contribution in [2.75, 3.05) is 14.2 Å².